The molecule has 0 radical (unpaired) electrons. The predicted molar refractivity (Wildman–Crippen MR) is 98.3 cm³/mol. The molecule has 0 N–H and O–H groups in total. The van der Waals surface area contributed by atoms with Crippen LogP contribution >= 0.6 is 0 Å². The van der Waals surface area contributed by atoms with E-state index in [2.05, 4.69) is 0 Å². The molecule has 0 amide bonds. The van der Waals surface area contributed by atoms with Crippen molar-refractivity contribution in [2.24, 2.45) is 0 Å². The molecule has 27 heavy (non-hydrogen) atoms. The molecular formula is C21H20O6. The number of hydrogen-bond donors (Lipinski definition) is 0. The summed E-state index contributed by atoms with van der Waals surface area (Å²) in [6.45, 7) is 0.585. The van der Waals surface area contributed by atoms with E-state index in [1.807, 2.05) is 30.3 Å². The number of para-hydroxylation sites is 1. The molecule has 0 aliphatic rings. The number of esters is 1. The number of benzene rings is 2. The molecule has 0 spiro atoms. The Balaban J connectivity index is 1.39. The minimum absolute atomic E-state index is 0.113. The number of hydrogen-bond acceptors (Lipinski definition) is 6. The van der Waals surface area contributed by atoms with Crippen molar-refractivity contribution < 1.29 is 28.2 Å². The van der Waals surface area contributed by atoms with Crippen molar-refractivity contribution in [2.45, 2.75) is 6.61 Å². The van der Waals surface area contributed by atoms with Gasteiger partial charge in [-0.3, -0.25) is 0 Å². The number of furan rings is 1. The van der Waals surface area contributed by atoms with Gasteiger partial charge in [0.2, 0.25) is 5.76 Å². The Morgan fingerprint density at radius 1 is 0.815 bits per heavy atom. The molecule has 1 aromatic heterocycles. The quantitative estimate of drug-likeness (QED) is 0.418. The maximum atomic E-state index is 12.0. The number of carbonyl (C=O) groups excluding carboxylic acids is 1. The Labute approximate surface area is 157 Å². The average molecular weight is 368 g/mol. The van der Waals surface area contributed by atoms with Gasteiger partial charge in [-0.1, -0.05) is 18.2 Å². The number of rotatable bonds is 9. The highest BCUT2D eigenvalue weighted by Crippen LogP contribution is 2.17. The maximum absolute atomic E-state index is 12.0. The summed E-state index contributed by atoms with van der Waals surface area (Å²) < 4.78 is 26.8. The van der Waals surface area contributed by atoms with Crippen molar-refractivity contribution in [1.29, 1.82) is 0 Å². The second-order valence-electron chi connectivity index (χ2n) is 5.53. The van der Waals surface area contributed by atoms with Gasteiger partial charge >= 0.3 is 5.97 Å². The molecule has 3 aromatic rings. The van der Waals surface area contributed by atoms with Crippen LogP contribution in [0.15, 0.2) is 71.1 Å². The first-order chi connectivity index (χ1) is 13.2. The van der Waals surface area contributed by atoms with Crippen LogP contribution in [-0.2, 0) is 11.3 Å². The van der Waals surface area contributed by atoms with Crippen molar-refractivity contribution in [3.63, 3.8) is 0 Å². The Morgan fingerprint density at radius 3 is 2.26 bits per heavy atom. The van der Waals surface area contributed by atoms with Gasteiger partial charge in [0.1, 0.15) is 42.8 Å². The molecule has 0 saturated carbocycles. The Kier molecular flexibility index (Phi) is 6.35. The van der Waals surface area contributed by atoms with Gasteiger partial charge in [0.05, 0.1) is 7.11 Å². The van der Waals surface area contributed by atoms with E-state index in [0.29, 0.717) is 11.5 Å². The van der Waals surface area contributed by atoms with Gasteiger partial charge in [0.25, 0.3) is 0 Å². The SMILES string of the molecule is COc1ccc(OCCOC(=O)c2ccc(COc3ccccc3)o2)cc1. The van der Waals surface area contributed by atoms with E-state index in [-0.39, 0.29) is 25.6 Å². The van der Waals surface area contributed by atoms with Crippen LogP contribution in [0.3, 0.4) is 0 Å². The number of carbonyl (C=O) groups is 1. The van der Waals surface area contributed by atoms with Gasteiger partial charge in [0, 0.05) is 0 Å². The summed E-state index contributed by atoms with van der Waals surface area (Å²) in [4.78, 5) is 12.0. The Morgan fingerprint density at radius 2 is 1.52 bits per heavy atom. The first-order valence-corrected chi connectivity index (χ1v) is 8.45. The monoisotopic (exact) mass is 368 g/mol. The van der Waals surface area contributed by atoms with E-state index in [1.165, 1.54) is 0 Å². The molecule has 0 bridgehead atoms. The predicted octanol–water partition coefficient (Wildman–Crippen LogP) is 4.10. The molecule has 3 rings (SSSR count). The summed E-state index contributed by atoms with van der Waals surface area (Å²) in [5.74, 6) is 2.28. The highest BCUT2D eigenvalue weighted by Gasteiger charge is 2.13. The van der Waals surface area contributed by atoms with E-state index in [0.717, 1.165) is 11.5 Å². The first-order valence-electron chi connectivity index (χ1n) is 8.45. The van der Waals surface area contributed by atoms with Crippen molar-refractivity contribution in [3.05, 3.63) is 78.3 Å². The van der Waals surface area contributed by atoms with E-state index >= 15 is 0 Å². The lowest BCUT2D eigenvalue weighted by Gasteiger charge is -2.07. The Bertz CT molecular complexity index is 839. The zero-order chi connectivity index (χ0) is 18.9. The number of ether oxygens (including phenoxy) is 4. The lowest BCUT2D eigenvalue weighted by Crippen LogP contribution is -2.11. The zero-order valence-corrected chi connectivity index (χ0v) is 14.9. The second-order valence-corrected chi connectivity index (χ2v) is 5.53. The minimum atomic E-state index is -0.542. The van der Waals surface area contributed by atoms with Gasteiger partial charge in [-0.25, -0.2) is 4.79 Å². The van der Waals surface area contributed by atoms with Crippen molar-refractivity contribution >= 4 is 5.97 Å². The van der Waals surface area contributed by atoms with Gasteiger partial charge in [-0.2, -0.15) is 0 Å². The van der Waals surface area contributed by atoms with Gasteiger partial charge in [-0.15, -0.1) is 0 Å². The van der Waals surface area contributed by atoms with Gasteiger partial charge < -0.3 is 23.4 Å². The van der Waals surface area contributed by atoms with Crippen LogP contribution in [0.4, 0.5) is 0 Å². The Hall–Kier alpha value is -3.41. The van der Waals surface area contributed by atoms with Gasteiger partial charge in [0.15, 0.2) is 0 Å². The van der Waals surface area contributed by atoms with Crippen LogP contribution in [-0.4, -0.2) is 26.3 Å². The second kappa shape index (κ2) is 9.33. The standard InChI is InChI=1S/C21H20O6/c1-23-16-7-9-18(10-8-16)24-13-14-25-21(22)20-12-11-19(27-20)15-26-17-5-3-2-4-6-17/h2-12H,13-15H2,1H3. The van der Waals surface area contributed by atoms with E-state index in [1.54, 1.807) is 43.5 Å². The van der Waals surface area contributed by atoms with Crippen LogP contribution in [0.2, 0.25) is 0 Å². The average Bonchev–Trinajstić information content (AvgIpc) is 3.20. The van der Waals surface area contributed by atoms with Crippen LogP contribution < -0.4 is 14.2 Å². The van der Waals surface area contributed by atoms with E-state index < -0.39 is 5.97 Å². The molecule has 2 aromatic carbocycles. The first kappa shape index (κ1) is 18.4. The van der Waals surface area contributed by atoms with Crippen molar-refractivity contribution in [1.82, 2.24) is 0 Å². The number of methoxy groups -OCH3 is 1. The fourth-order valence-corrected chi connectivity index (χ4v) is 2.27. The summed E-state index contributed by atoms with van der Waals surface area (Å²) >= 11 is 0. The molecule has 0 atom stereocenters. The van der Waals surface area contributed by atoms with Crippen molar-refractivity contribution in [3.8, 4) is 17.2 Å². The third-order valence-corrected chi connectivity index (χ3v) is 3.63. The minimum Gasteiger partial charge on any atom is -0.497 e. The normalized spacial score (nSPS) is 10.3. The van der Waals surface area contributed by atoms with Crippen LogP contribution in [0, 0.1) is 0 Å². The van der Waals surface area contributed by atoms with Gasteiger partial charge in [-0.05, 0) is 48.5 Å². The maximum Gasteiger partial charge on any atom is 0.374 e. The summed E-state index contributed by atoms with van der Waals surface area (Å²) in [5.41, 5.74) is 0. The van der Waals surface area contributed by atoms with E-state index in [9.17, 15) is 4.79 Å². The van der Waals surface area contributed by atoms with Crippen molar-refractivity contribution in [2.75, 3.05) is 20.3 Å². The summed E-state index contributed by atoms with van der Waals surface area (Å²) in [6, 6.07) is 19.8. The fourth-order valence-electron chi connectivity index (χ4n) is 2.27. The zero-order valence-electron chi connectivity index (χ0n) is 14.9. The summed E-state index contributed by atoms with van der Waals surface area (Å²) in [7, 11) is 1.60. The molecule has 0 unspecified atom stereocenters. The topological polar surface area (TPSA) is 67.1 Å². The molecule has 1 heterocycles. The molecule has 0 saturated heterocycles. The molecule has 140 valence electrons. The van der Waals surface area contributed by atoms with E-state index in [4.69, 9.17) is 23.4 Å². The largest absolute Gasteiger partial charge is 0.497 e. The van der Waals surface area contributed by atoms with Crippen LogP contribution in [0.5, 0.6) is 17.2 Å². The third-order valence-electron chi connectivity index (χ3n) is 3.63. The highest BCUT2D eigenvalue weighted by atomic mass is 16.6. The lowest BCUT2D eigenvalue weighted by atomic mass is 10.3. The van der Waals surface area contributed by atoms with Crippen LogP contribution in [0.25, 0.3) is 0 Å². The fraction of sp³-hybridized carbons (Fsp3) is 0.190. The third kappa shape index (κ3) is 5.54. The summed E-state index contributed by atoms with van der Waals surface area (Å²) in [6.07, 6.45) is 0. The van der Waals surface area contributed by atoms with Crippen LogP contribution in [0.1, 0.15) is 16.3 Å². The summed E-state index contributed by atoms with van der Waals surface area (Å²) in [5, 5.41) is 0. The molecule has 0 aliphatic heterocycles. The lowest BCUT2D eigenvalue weighted by molar-refractivity contribution is 0.0411. The smallest absolute Gasteiger partial charge is 0.374 e. The molecule has 0 fully saturated rings. The molecule has 6 heteroatoms. The molecule has 6 nitrogen and oxygen atoms in total. The highest BCUT2D eigenvalue weighted by molar-refractivity contribution is 5.86. The molecular weight excluding hydrogens is 348 g/mol. The molecule has 0 aliphatic carbocycles.